The third-order valence-electron chi connectivity index (χ3n) is 1.18. The van der Waals surface area contributed by atoms with E-state index in [-0.39, 0.29) is 19.1 Å². The van der Waals surface area contributed by atoms with E-state index >= 15 is 0 Å². The second-order valence-corrected chi connectivity index (χ2v) is 2.66. The van der Waals surface area contributed by atoms with E-state index in [1.54, 1.807) is 6.92 Å². The van der Waals surface area contributed by atoms with Crippen molar-refractivity contribution in [1.29, 1.82) is 0 Å². The molecule has 0 N–H and O–H groups in total. The molecule has 0 rings (SSSR count). The Morgan fingerprint density at radius 1 is 1.38 bits per heavy atom. The Labute approximate surface area is 73.8 Å². The molecule has 0 radical (unpaired) electrons. The molecule has 1 unspecified atom stereocenters. The molecule has 1 atom stereocenters. The van der Waals surface area contributed by atoms with Crippen LogP contribution >= 0.6 is 0 Å². The van der Waals surface area contributed by atoms with Gasteiger partial charge >= 0.3 is 12.1 Å². The van der Waals surface area contributed by atoms with Gasteiger partial charge in [-0.3, -0.25) is 0 Å². The van der Waals surface area contributed by atoms with Crippen molar-refractivity contribution >= 4 is 5.97 Å². The number of ether oxygens (including phenoxy) is 2. The summed E-state index contributed by atoms with van der Waals surface area (Å²) >= 11 is 0. The van der Waals surface area contributed by atoms with Gasteiger partial charge in [0.1, 0.15) is 0 Å². The molecule has 0 aliphatic carbocycles. The van der Waals surface area contributed by atoms with Crippen LogP contribution in [0.5, 0.6) is 0 Å². The maximum Gasteiger partial charge on any atom is 0.490 e. The van der Waals surface area contributed by atoms with E-state index in [0.717, 1.165) is 0 Å². The number of esters is 1. The molecular formula is C7H11F3O3. The van der Waals surface area contributed by atoms with Crippen molar-refractivity contribution in [3.63, 3.8) is 0 Å². The van der Waals surface area contributed by atoms with E-state index in [1.807, 2.05) is 0 Å². The molecule has 3 nitrogen and oxygen atoms in total. The maximum absolute atomic E-state index is 11.6. The van der Waals surface area contributed by atoms with Gasteiger partial charge in [0.05, 0.1) is 13.2 Å². The Kier molecular flexibility index (Phi) is 4.76. The first-order valence-corrected chi connectivity index (χ1v) is 3.60. The van der Waals surface area contributed by atoms with E-state index in [1.165, 1.54) is 7.11 Å². The van der Waals surface area contributed by atoms with Gasteiger partial charge in [0.25, 0.3) is 0 Å². The lowest BCUT2D eigenvalue weighted by Gasteiger charge is -2.11. The smallest absolute Gasteiger partial charge is 0.459 e. The highest BCUT2D eigenvalue weighted by molar-refractivity contribution is 5.75. The highest BCUT2D eigenvalue weighted by Crippen LogP contribution is 2.16. The number of halogens is 3. The molecule has 0 aliphatic rings. The fraction of sp³-hybridized carbons (Fsp3) is 0.857. The zero-order chi connectivity index (χ0) is 10.5. The number of methoxy groups -OCH3 is 1. The molecule has 0 saturated carbocycles. The SMILES string of the molecule is COCC(C)COC(=O)C(F)(F)F. The first-order chi connectivity index (χ1) is 5.88. The molecular weight excluding hydrogens is 189 g/mol. The first kappa shape index (κ1) is 12.2. The highest BCUT2D eigenvalue weighted by Gasteiger charge is 2.40. The summed E-state index contributed by atoms with van der Waals surface area (Å²) in [6, 6.07) is 0. The molecule has 0 heterocycles. The molecule has 0 aliphatic heterocycles. The minimum absolute atomic E-state index is 0.240. The number of rotatable bonds is 4. The maximum atomic E-state index is 11.6. The zero-order valence-corrected chi connectivity index (χ0v) is 7.35. The van der Waals surface area contributed by atoms with Gasteiger partial charge in [-0.2, -0.15) is 13.2 Å². The van der Waals surface area contributed by atoms with Gasteiger partial charge in [-0.25, -0.2) is 4.79 Å². The van der Waals surface area contributed by atoms with Crippen molar-refractivity contribution in [2.45, 2.75) is 13.1 Å². The van der Waals surface area contributed by atoms with E-state index in [0.29, 0.717) is 0 Å². The molecule has 0 bridgehead atoms. The molecule has 78 valence electrons. The molecule has 0 aromatic heterocycles. The molecule has 0 amide bonds. The van der Waals surface area contributed by atoms with Crippen LogP contribution in [0.4, 0.5) is 13.2 Å². The van der Waals surface area contributed by atoms with Gasteiger partial charge in [0.15, 0.2) is 0 Å². The van der Waals surface area contributed by atoms with Gasteiger partial charge in [-0.05, 0) is 0 Å². The lowest BCUT2D eigenvalue weighted by molar-refractivity contribution is -0.201. The molecule has 0 saturated heterocycles. The van der Waals surface area contributed by atoms with Crippen LogP contribution in [0.3, 0.4) is 0 Å². The summed E-state index contributed by atoms with van der Waals surface area (Å²) in [6.07, 6.45) is -4.91. The van der Waals surface area contributed by atoms with Crippen molar-refractivity contribution in [3.8, 4) is 0 Å². The Morgan fingerprint density at radius 2 is 1.92 bits per heavy atom. The van der Waals surface area contributed by atoms with E-state index in [4.69, 9.17) is 0 Å². The van der Waals surface area contributed by atoms with Crippen LogP contribution in [0, 0.1) is 5.92 Å². The summed E-state index contributed by atoms with van der Waals surface area (Å²) in [6.45, 7) is 1.59. The van der Waals surface area contributed by atoms with Crippen molar-refractivity contribution in [1.82, 2.24) is 0 Å². The molecule has 0 spiro atoms. The predicted molar refractivity (Wildman–Crippen MR) is 38.1 cm³/mol. The van der Waals surface area contributed by atoms with Crippen molar-refractivity contribution in [2.24, 2.45) is 5.92 Å². The highest BCUT2D eigenvalue weighted by atomic mass is 19.4. The zero-order valence-electron chi connectivity index (χ0n) is 7.35. The largest absolute Gasteiger partial charge is 0.490 e. The minimum atomic E-state index is -4.91. The lowest BCUT2D eigenvalue weighted by Crippen LogP contribution is -2.27. The monoisotopic (exact) mass is 200 g/mol. The number of alkyl halides is 3. The van der Waals surface area contributed by atoms with Crippen molar-refractivity contribution < 1.29 is 27.4 Å². The molecule has 0 aromatic rings. The number of hydrogen-bond donors (Lipinski definition) is 0. The fourth-order valence-electron chi connectivity index (χ4n) is 0.632. The molecule has 0 fully saturated rings. The third kappa shape index (κ3) is 5.46. The Morgan fingerprint density at radius 3 is 2.31 bits per heavy atom. The first-order valence-electron chi connectivity index (χ1n) is 3.60. The van der Waals surface area contributed by atoms with Crippen LogP contribution in [0.1, 0.15) is 6.92 Å². The van der Waals surface area contributed by atoms with E-state index < -0.39 is 12.1 Å². The molecule has 6 heteroatoms. The quantitative estimate of drug-likeness (QED) is 0.643. The Hall–Kier alpha value is -0.780. The van der Waals surface area contributed by atoms with Crippen LogP contribution < -0.4 is 0 Å². The van der Waals surface area contributed by atoms with Gasteiger partial charge in [-0.1, -0.05) is 6.92 Å². The lowest BCUT2D eigenvalue weighted by atomic mass is 10.2. The number of carbonyl (C=O) groups excluding carboxylic acids is 1. The topological polar surface area (TPSA) is 35.5 Å². The average Bonchev–Trinajstić information content (AvgIpc) is 1.99. The summed E-state index contributed by atoms with van der Waals surface area (Å²) in [5, 5.41) is 0. The summed E-state index contributed by atoms with van der Waals surface area (Å²) in [5.74, 6) is -2.40. The second-order valence-electron chi connectivity index (χ2n) is 2.66. The number of carbonyl (C=O) groups is 1. The predicted octanol–water partition coefficient (Wildman–Crippen LogP) is 1.37. The van der Waals surface area contributed by atoms with Gasteiger partial charge in [-0.15, -0.1) is 0 Å². The van der Waals surface area contributed by atoms with Crippen LogP contribution in [-0.4, -0.2) is 32.5 Å². The van der Waals surface area contributed by atoms with Crippen LogP contribution in [0.25, 0.3) is 0 Å². The standard InChI is InChI=1S/C7H11F3O3/c1-5(3-12-2)4-13-6(11)7(8,9)10/h5H,3-4H2,1-2H3. The fourth-order valence-corrected chi connectivity index (χ4v) is 0.632. The van der Waals surface area contributed by atoms with Gasteiger partial charge in [0, 0.05) is 13.0 Å². The Bertz CT molecular complexity index is 167. The van der Waals surface area contributed by atoms with Crippen molar-refractivity contribution in [3.05, 3.63) is 0 Å². The summed E-state index contributed by atoms with van der Waals surface area (Å²) < 4.78 is 43.4. The minimum Gasteiger partial charge on any atom is -0.459 e. The summed E-state index contributed by atoms with van der Waals surface area (Å²) in [4.78, 5) is 10.2. The molecule has 0 aromatic carbocycles. The summed E-state index contributed by atoms with van der Waals surface area (Å²) in [7, 11) is 1.42. The average molecular weight is 200 g/mol. The van der Waals surface area contributed by atoms with Gasteiger partial charge < -0.3 is 9.47 Å². The third-order valence-corrected chi connectivity index (χ3v) is 1.18. The summed E-state index contributed by atoms with van der Waals surface area (Å²) in [5.41, 5.74) is 0. The Balaban J connectivity index is 3.71. The van der Waals surface area contributed by atoms with Crippen LogP contribution in [-0.2, 0) is 14.3 Å². The van der Waals surface area contributed by atoms with Gasteiger partial charge in [0.2, 0.25) is 0 Å². The van der Waals surface area contributed by atoms with E-state index in [9.17, 15) is 18.0 Å². The molecule has 13 heavy (non-hydrogen) atoms. The van der Waals surface area contributed by atoms with E-state index in [2.05, 4.69) is 9.47 Å². The number of hydrogen-bond acceptors (Lipinski definition) is 3. The second kappa shape index (κ2) is 5.06. The normalized spacial score (nSPS) is 13.9. The van der Waals surface area contributed by atoms with Crippen LogP contribution in [0.2, 0.25) is 0 Å². The van der Waals surface area contributed by atoms with Crippen molar-refractivity contribution in [2.75, 3.05) is 20.3 Å². The van der Waals surface area contributed by atoms with Crippen LogP contribution in [0.15, 0.2) is 0 Å².